The molecule has 9 nitrogen and oxygen atoms in total. The second kappa shape index (κ2) is 15.3. The van der Waals surface area contributed by atoms with Gasteiger partial charge in [0, 0.05) is 28.9 Å². The van der Waals surface area contributed by atoms with Gasteiger partial charge in [-0.2, -0.15) is 13.2 Å². The lowest BCUT2D eigenvalue weighted by molar-refractivity contribution is -0.138. The first-order chi connectivity index (χ1) is 19.5. The number of hydroxylamine groups is 1. The predicted molar refractivity (Wildman–Crippen MR) is 150 cm³/mol. The fourth-order valence-electron chi connectivity index (χ4n) is 3.65. The van der Waals surface area contributed by atoms with Crippen LogP contribution in [0.25, 0.3) is 0 Å². The molecular weight excluding hydrogens is 553 g/mol. The zero-order valence-corrected chi connectivity index (χ0v) is 21.8. The van der Waals surface area contributed by atoms with E-state index < -0.39 is 41.6 Å². The molecule has 0 aromatic heterocycles. The molecule has 0 aliphatic carbocycles. The Morgan fingerprint density at radius 2 is 1.48 bits per heavy atom. The van der Waals surface area contributed by atoms with Gasteiger partial charge in [-0.15, -0.1) is 0 Å². The Morgan fingerprint density at radius 3 is 2.02 bits per heavy atom. The van der Waals surface area contributed by atoms with Gasteiger partial charge >= 0.3 is 6.18 Å². The average Bonchev–Trinajstić information content (AvgIpc) is 2.95. The number of benzene rings is 3. The molecule has 0 radical (unpaired) electrons. The maximum Gasteiger partial charge on any atom is 0.416 e. The molecule has 3 aromatic carbocycles. The predicted octanol–water partition coefficient (Wildman–Crippen LogP) is 3.45. The Kier molecular flexibility index (Phi) is 12.2. The van der Waals surface area contributed by atoms with E-state index in [0.717, 1.165) is 6.07 Å². The highest BCUT2D eigenvalue weighted by atomic mass is 19.4. The van der Waals surface area contributed by atoms with Crippen LogP contribution in [0, 0.1) is 11.8 Å². The van der Waals surface area contributed by atoms with Gasteiger partial charge in [-0.25, -0.2) is 5.48 Å². The number of nitrogens with one attached hydrogen (secondary N) is 4. The lowest BCUT2D eigenvalue weighted by Gasteiger charge is -2.19. The van der Waals surface area contributed by atoms with Crippen LogP contribution >= 0.6 is 0 Å². The smallest absolute Gasteiger partial charge is 0.391 e. The number of aliphatic hydroxyl groups excluding tert-OH is 1. The summed E-state index contributed by atoms with van der Waals surface area (Å²) in [4.78, 5) is 36.1. The van der Waals surface area contributed by atoms with E-state index in [4.69, 9.17) is 5.21 Å². The minimum Gasteiger partial charge on any atom is -0.391 e. The number of hydrogen-bond donors (Lipinski definition) is 6. The zero-order chi connectivity index (χ0) is 30.0. The highest BCUT2D eigenvalue weighted by Gasteiger charge is 2.32. The number of anilines is 1. The highest BCUT2D eigenvalue weighted by molar-refractivity contribution is 5.97. The Balaban J connectivity index is 0.00000616. The van der Waals surface area contributed by atoms with Crippen LogP contribution < -0.4 is 21.4 Å². The summed E-state index contributed by atoms with van der Waals surface area (Å²) in [6.45, 7) is 0.991. The number of amides is 3. The van der Waals surface area contributed by atoms with Crippen LogP contribution in [0.2, 0.25) is 0 Å². The summed E-state index contributed by atoms with van der Waals surface area (Å²) in [7, 11) is 0. The molecule has 0 saturated carbocycles. The van der Waals surface area contributed by atoms with E-state index in [9.17, 15) is 32.7 Å². The summed E-state index contributed by atoms with van der Waals surface area (Å²) in [5.41, 5.74) is 2.62. The third-order valence-corrected chi connectivity index (χ3v) is 5.75. The summed E-state index contributed by atoms with van der Waals surface area (Å²) < 4.78 is 39.3. The van der Waals surface area contributed by atoms with Crippen molar-refractivity contribution in [3.05, 3.63) is 101 Å². The number of carbonyl (C=O) groups is 3. The number of hydrogen-bond acceptors (Lipinski definition) is 6. The first-order valence-electron chi connectivity index (χ1n) is 12.3. The molecule has 42 heavy (non-hydrogen) atoms. The third kappa shape index (κ3) is 9.74. The van der Waals surface area contributed by atoms with Gasteiger partial charge in [0.2, 0.25) is 5.91 Å². The van der Waals surface area contributed by atoms with Crippen molar-refractivity contribution in [2.45, 2.75) is 39.2 Å². The molecule has 2 atom stereocenters. The molecule has 0 fully saturated rings. The quantitative estimate of drug-likeness (QED) is 0.129. The largest absolute Gasteiger partial charge is 0.416 e. The monoisotopic (exact) mass is 584 g/mol. The van der Waals surface area contributed by atoms with Gasteiger partial charge in [0.15, 0.2) is 0 Å². The van der Waals surface area contributed by atoms with Crippen molar-refractivity contribution < 1.29 is 37.9 Å². The molecule has 12 heteroatoms. The Morgan fingerprint density at radius 1 is 0.905 bits per heavy atom. The van der Waals surface area contributed by atoms with Crippen LogP contribution in [-0.4, -0.2) is 46.7 Å². The van der Waals surface area contributed by atoms with Crippen LogP contribution in [0.15, 0.2) is 72.8 Å². The average molecular weight is 585 g/mol. The molecule has 0 aliphatic heterocycles. The highest BCUT2D eigenvalue weighted by Crippen LogP contribution is 2.31. The molecule has 222 valence electrons. The van der Waals surface area contributed by atoms with Gasteiger partial charge < -0.3 is 21.1 Å². The molecule has 0 aliphatic rings. The summed E-state index contributed by atoms with van der Waals surface area (Å²) in [6, 6.07) is 16.6. The lowest BCUT2D eigenvalue weighted by Crippen LogP contribution is -2.51. The minimum atomic E-state index is -4.48. The van der Waals surface area contributed by atoms with Crippen LogP contribution in [0.4, 0.5) is 18.9 Å². The number of alkyl halides is 3. The van der Waals surface area contributed by atoms with Crippen molar-refractivity contribution in [1.29, 1.82) is 0 Å². The van der Waals surface area contributed by atoms with Crippen molar-refractivity contribution in [2.75, 3.05) is 11.9 Å². The zero-order valence-electron chi connectivity index (χ0n) is 21.8. The van der Waals surface area contributed by atoms with E-state index in [1.807, 2.05) is 0 Å². The summed E-state index contributed by atoms with van der Waals surface area (Å²) in [6.07, 6.45) is -5.71. The summed E-state index contributed by atoms with van der Waals surface area (Å²) in [5.74, 6) is 3.88. The molecule has 0 heterocycles. The normalized spacial score (nSPS) is 12.0. The number of halogens is 3. The van der Waals surface area contributed by atoms with E-state index in [1.54, 1.807) is 36.4 Å². The minimum absolute atomic E-state index is 0. The maximum absolute atomic E-state index is 13.1. The van der Waals surface area contributed by atoms with Gasteiger partial charge in [-0.05, 0) is 67.1 Å². The molecule has 0 spiro atoms. The summed E-state index contributed by atoms with van der Waals surface area (Å²) in [5, 5.41) is 26.1. The van der Waals surface area contributed by atoms with Crippen LogP contribution in [-0.2, 0) is 22.3 Å². The SMILES string of the molecule is C.C[C@@H](O)[C@H](NC(=O)c1ccc(C#Cc2ccc(NC(=O)CNCc3ccccc3C(F)(F)F)cc2)cc1)C(=O)NO. The molecule has 3 amide bonds. The maximum atomic E-state index is 13.1. The first-order valence-corrected chi connectivity index (χ1v) is 12.3. The second-order valence-electron chi connectivity index (χ2n) is 8.88. The van der Waals surface area contributed by atoms with Crippen molar-refractivity contribution >= 4 is 23.4 Å². The van der Waals surface area contributed by atoms with Crippen LogP contribution in [0.1, 0.15) is 47.0 Å². The molecule has 0 unspecified atom stereocenters. The van der Waals surface area contributed by atoms with Gasteiger partial charge in [0.25, 0.3) is 11.8 Å². The van der Waals surface area contributed by atoms with E-state index in [1.165, 1.54) is 42.7 Å². The first kappa shape index (κ1) is 33.5. The van der Waals surface area contributed by atoms with Crippen LogP contribution in [0.3, 0.4) is 0 Å². The van der Waals surface area contributed by atoms with E-state index in [-0.39, 0.29) is 31.6 Å². The van der Waals surface area contributed by atoms with E-state index in [2.05, 4.69) is 27.8 Å². The van der Waals surface area contributed by atoms with Gasteiger partial charge in [-0.3, -0.25) is 19.6 Å². The van der Waals surface area contributed by atoms with Crippen molar-refractivity contribution in [3.63, 3.8) is 0 Å². The standard InChI is InChI=1S/C29H27F3N4O5.CH4/c1-18(37)26(28(40)36-41)35-27(39)21-12-8-19(9-13-21)6-7-20-10-14-23(15-11-20)34-25(38)17-33-16-22-4-2-3-5-24(22)29(30,31)32;/h2-5,8-15,18,26,33,37,41H,16-17H2,1H3,(H,34,38)(H,35,39)(H,36,40);1H4/t18-,26+;/m1./s1. The second-order valence-corrected chi connectivity index (χ2v) is 8.88. The number of carbonyl (C=O) groups excluding carboxylic acids is 3. The van der Waals surface area contributed by atoms with Gasteiger partial charge in [-0.1, -0.05) is 37.5 Å². The fourth-order valence-corrected chi connectivity index (χ4v) is 3.65. The van der Waals surface area contributed by atoms with Crippen molar-refractivity contribution in [3.8, 4) is 11.8 Å². The number of aliphatic hydroxyl groups is 1. The fraction of sp³-hybridized carbons (Fsp3) is 0.233. The van der Waals surface area contributed by atoms with Crippen LogP contribution in [0.5, 0.6) is 0 Å². The third-order valence-electron chi connectivity index (χ3n) is 5.75. The molecule has 3 rings (SSSR count). The Hall–Kier alpha value is -4.70. The van der Waals surface area contributed by atoms with Crippen molar-refractivity contribution in [2.24, 2.45) is 0 Å². The molecule has 0 saturated heterocycles. The van der Waals surface area contributed by atoms with Crippen molar-refractivity contribution in [1.82, 2.24) is 16.1 Å². The van der Waals surface area contributed by atoms with Gasteiger partial charge in [0.05, 0.1) is 18.2 Å². The van der Waals surface area contributed by atoms with E-state index >= 15 is 0 Å². The molecular formula is C30H31F3N4O5. The van der Waals surface area contributed by atoms with Gasteiger partial charge in [0.1, 0.15) is 6.04 Å². The topological polar surface area (TPSA) is 140 Å². The molecule has 6 N–H and O–H groups in total. The summed E-state index contributed by atoms with van der Waals surface area (Å²) >= 11 is 0. The Bertz CT molecular complexity index is 1430. The number of rotatable bonds is 9. The Labute approximate surface area is 241 Å². The molecule has 0 bridgehead atoms. The van der Waals surface area contributed by atoms with E-state index in [0.29, 0.717) is 16.8 Å². The molecule has 3 aromatic rings. The lowest BCUT2D eigenvalue weighted by atomic mass is 10.1.